The van der Waals surface area contributed by atoms with Gasteiger partial charge in [-0.05, 0) is 35.9 Å². The summed E-state index contributed by atoms with van der Waals surface area (Å²) >= 11 is 0. The Hall–Kier alpha value is -3.59. The Kier molecular flexibility index (Phi) is 4.77. The molecule has 2 heterocycles. The van der Waals surface area contributed by atoms with E-state index < -0.39 is 5.91 Å². The highest BCUT2D eigenvalue weighted by Gasteiger charge is 2.11. The Bertz CT molecular complexity index is 965. The first-order valence-corrected chi connectivity index (χ1v) is 7.66. The van der Waals surface area contributed by atoms with Gasteiger partial charge < -0.3 is 15.0 Å². The number of carbonyl (C=O) groups excluding carboxylic acids is 1. The van der Waals surface area contributed by atoms with Crippen LogP contribution in [0.2, 0.25) is 0 Å². The molecule has 1 aromatic carbocycles. The monoisotopic (exact) mass is 332 g/mol. The standard InChI is InChI=1S/C19H16N4O2/c1-25-16-6-4-13(5-7-16)11-23-19(24)14(10-20)9-15-12-22-18-17(15)3-2-8-21-18/h2-9,12H,11H2,1H3,(H,21,22)(H,23,24)/b14-9+. The van der Waals surface area contributed by atoms with Crippen LogP contribution in [-0.4, -0.2) is 23.0 Å². The molecule has 1 amide bonds. The molecule has 0 atom stereocenters. The number of aromatic amines is 1. The molecular formula is C19H16N4O2. The first-order chi connectivity index (χ1) is 12.2. The highest BCUT2D eigenvalue weighted by atomic mass is 16.5. The summed E-state index contributed by atoms with van der Waals surface area (Å²) in [6, 6.07) is 13.0. The molecule has 0 aliphatic heterocycles. The topological polar surface area (TPSA) is 90.8 Å². The second-order valence-electron chi connectivity index (χ2n) is 5.34. The molecule has 0 fully saturated rings. The van der Waals surface area contributed by atoms with Gasteiger partial charge in [0.15, 0.2) is 0 Å². The SMILES string of the molecule is COc1ccc(CNC(=O)/C(C#N)=C/c2c[nH]c3ncccc23)cc1. The maximum atomic E-state index is 12.3. The summed E-state index contributed by atoms with van der Waals surface area (Å²) in [5.41, 5.74) is 2.42. The van der Waals surface area contributed by atoms with Gasteiger partial charge in [-0.2, -0.15) is 5.26 Å². The predicted octanol–water partition coefficient (Wildman–Crippen LogP) is 2.79. The van der Waals surface area contributed by atoms with E-state index in [1.54, 1.807) is 25.6 Å². The maximum Gasteiger partial charge on any atom is 0.262 e. The lowest BCUT2D eigenvalue weighted by atomic mass is 10.1. The number of methoxy groups -OCH3 is 1. The van der Waals surface area contributed by atoms with Crippen LogP contribution >= 0.6 is 0 Å². The van der Waals surface area contributed by atoms with Crippen molar-refractivity contribution in [1.82, 2.24) is 15.3 Å². The number of carbonyl (C=O) groups is 1. The van der Waals surface area contributed by atoms with E-state index >= 15 is 0 Å². The molecule has 6 heteroatoms. The molecule has 0 saturated heterocycles. The molecular weight excluding hydrogens is 316 g/mol. The number of benzene rings is 1. The maximum absolute atomic E-state index is 12.3. The summed E-state index contributed by atoms with van der Waals surface area (Å²) in [4.78, 5) is 19.5. The fraction of sp³-hybridized carbons (Fsp3) is 0.105. The quantitative estimate of drug-likeness (QED) is 0.555. The second-order valence-corrected chi connectivity index (χ2v) is 5.34. The summed E-state index contributed by atoms with van der Waals surface area (Å²) in [6.07, 6.45) is 4.97. The van der Waals surface area contributed by atoms with Crippen LogP contribution in [0.25, 0.3) is 17.1 Å². The number of nitrogens with zero attached hydrogens (tertiary/aromatic N) is 2. The van der Waals surface area contributed by atoms with Crippen LogP contribution in [0.4, 0.5) is 0 Å². The van der Waals surface area contributed by atoms with Crippen LogP contribution in [0, 0.1) is 11.3 Å². The van der Waals surface area contributed by atoms with E-state index in [4.69, 9.17) is 4.74 Å². The third-order valence-electron chi connectivity index (χ3n) is 3.76. The van der Waals surface area contributed by atoms with Gasteiger partial charge in [-0.3, -0.25) is 4.79 Å². The van der Waals surface area contributed by atoms with Gasteiger partial charge in [-0.1, -0.05) is 12.1 Å². The van der Waals surface area contributed by atoms with Crippen molar-refractivity contribution in [3.63, 3.8) is 0 Å². The van der Waals surface area contributed by atoms with Gasteiger partial charge in [-0.15, -0.1) is 0 Å². The third-order valence-corrected chi connectivity index (χ3v) is 3.76. The van der Waals surface area contributed by atoms with Gasteiger partial charge in [0.05, 0.1) is 7.11 Å². The van der Waals surface area contributed by atoms with Crippen molar-refractivity contribution in [3.8, 4) is 11.8 Å². The number of rotatable bonds is 5. The highest BCUT2D eigenvalue weighted by molar-refractivity contribution is 6.03. The van der Waals surface area contributed by atoms with E-state index in [1.165, 1.54) is 0 Å². The van der Waals surface area contributed by atoms with Crippen molar-refractivity contribution in [2.45, 2.75) is 6.54 Å². The number of fused-ring (bicyclic) bond motifs is 1. The molecule has 25 heavy (non-hydrogen) atoms. The molecule has 0 saturated carbocycles. The molecule has 0 aliphatic rings. The minimum Gasteiger partial charge on any atom is -0.497 e. The number of H-pyrrole nitrogens is 1. The Morgan fingerprint density at radius 2 is 2.16 bits per heavy atom. The average Bonchev–Trinajstić information content (AvgIpc) is 3.07. The number of ether oxygens (including phenoxy) is 1. The summed E-state index contributed by atoms with van der Waals surface area (Å²) in [5, 5.41) is 12.9. The summed E-state index contributed by atoms with van der Waals surface area (Å²) in [7, 11) is 1.60. The Labute approximate surface area is 144 Å². The Morgan fingerprint density at radius 1 is 1.36 bits per heavy atom. The zero-order valence-corrected chi connectivity index (χ0v) is 13.6. The highest BCUT2D eigenvalue weighted by Crippen LogP contribution is 2.18. The van der Waals surface area contributed by atoms with Crippen LogP contribution in [0.5, 0.6) is 5.75 Å². The van der Waals surface area contributed by atoms with E-state index in [2.05, 4.69) is 15.3 Å². The summed E-state index contributed by atoms with van der Waals surface area (Å²) < 4.78 is 5.10. The van der Waals surface area contributed by atoms with E-state index in [9.17, 15) is 10.1 Å². The number of pyridine rings is 1. The molecule has 6 nitrogen and oxygen atoms in total. The molecule has 124 valence electrons. The van der Waals surface area contributed by atoms with Gasteiger partial charge in [-0.25, -0.2) is 4.98 Å². The molecule has 0 bridgehead atoms. The van der Waals surface area contributed by atoms with Crippen LogP contribution in [0.15, 0.2) is 54.4 Å². The largest absolute Gasteiger partial charge is 0.497 e. The second kappa shape index (κ2) is 7.32. The van der Waals surface area contributed by atoms with E-state index in [0.717, 1.165) is 22.3 Å². The molecule has 2 aromatic heterocycles. The van der Waals surface area contributed by atoms with E-state index in [0.29, 0.717) is 12.2 Å². The van der Waals surface area contributed by atoms with Gasteiger partial charge in [0, 0.05) is 29.9 Å². The first-order valence-electron chi connectivity index (χ1n) is 7.66. The van der Waals surface area contributed by atoms with Crippen LogP contribution in [0.3, 0.4) is 0 Å². The van der Waals surface area contributed by atoms with Crippen molar-refractivity contribution >= 4 is 23.0 Å². The number of hydrogen-bond donors (Lipinski definition) is 2. The van der Waals surface area contributed by atoms with E-state index in [-0.39, 0.29) is 5.57 Å². The lowest BCUT2D eigenvalue weighted by Crippen LogP contribution is -2.23. The van der Waals surface area contributed by atoms with Crippen molar-refractivity contribution in [1.29, 1.82) is 5.26 Å². The fourth-order valence-electron chi connectivity index (χ4n) is 2.42. The molecule has 0 unspecified atom stereocenters. The van der Waals surface area contributed by atoms with Crippen LogP contribution in [0.1, 0.15) is 11.1 Å². The zero-order chi connectivity index (χ0) is 17.6. The Balaban J connectivity index is 1.73. The molecule has 0 aliphatic carbocycles. The van der Waals surface area contributed by atoms with Gasteiger partial charge >= 0.3 is 0 Å². The lowest BCUT2D eigenvalue weighted by molar-refractivity contribution is -0.117. The van der Waals surface area contributed by atoms with Gasteiger partial charge in [0.2, 0.25) is 0 Å². The Morgan fingerprint density at radius 3 is 2.88 bits per heavy atom. The zero-order valence-electron chi connectivity index (χ0n) is 13.6. The molecule has 3 rings (SSSR count). The molecule has 0 radical (unpaired) electrons. The molecule has 2 N–H and O–H groups in total. The number of nitrogens with one attached hydrogen (secondary N) is 2. The van der Waals surface area contributed by atoms with E-state index in [1.807, 2.05) is 42.5 Å². The smallest absolute Gasteiger partial charge is 0.262 e. The minimum atomic E-state index is -0.420. The fourth-order valence-corrected chi connectivity index (χ4v) is 2.42. The van der Waals surface area contributed by atoms with Crippen molar-refractivity contribution in [2.24, 2.45) is 0 Å². The van der Waals surface area contributed by atoms with Gasteiger partial charge in [0.1, 0.15) is 23.0 Å². The number of hydrogen-bond acceptors (Lipinski definition) is 4. The van der Waals surface area contributed by atoms with Crippen molar-refractivity contribution in [3.05, 3.63) is 65.5 Å². The van der Waals surface area contributed by atoms with Crippen LogP contribution < -0.4 is 10.1 Å². The molecule has 0 spiro atoms. The van der Waals surface area contributed by atoms with Crippen molar-refractivity contribution in [2.75, 3.05) is 7.11 Å². The van der Waals surface area contributed by atoms with Crippen LogP contribution in [-0.2, 0) is 11.3 Å². The number of aromatic nitrogens is 2. The molecule has 3 aromatic rings. The average molecular weight is 332 g/mol. The predicted molar refractivity (Wildman–Crippen MR) is 94.5 cm³/mol. The summed E-state index contributed by atoms with van der Waals surface area (Å²) in [5.74, 6) is 0.331. The minimum absolute atomic E-state index is 0.0401. The lowest BCUT2D eigenvalue weighted by Gasteiger charge is -2.05. The third kappa shape index (κ3) is 3.67. The number of nitriles is 1. The summed E-state index contributed by atoms with van der Waals surface area (Å²) in [6.45, 7) is 0.331. The normalized spacial score (nSPS) is 11.1. The van der Waals surface area contributed by atoms with Crippen molar-refractivity contribution < 1.29 is 9.53 Å². The number of amides is 1. The van der Waals surface area contributed by atoms with Gasteiger partial charge in [0.25, 0.3) is 5.91 Å². The first kappa shape index (κ1) is 16.3.